The summed E-state index contributed by atoms with van der Waals surface area (Å²) in [6, 6.07) is 13.6. The van der Waals surface area contributed by atoms with Gasteiger partial charge in [-0.25, -0.2) is 4.68 Å². The van der Waals surface area contributed by atoms with Gasteiger partial charge in [-0.05, 0) is 63.4 Å². The lowest BCUT2D eigenvalue weighted by molar-refractivity contribution is -0.153. The van der Waals surface area contributed by atoms with Gasteiger partial charge in [0.25, 0.3) is 5.91 Å². The molecule has 8 heteroatoms. The number of rotatable bonds is 6. The van der Waals surface area contributed by atoms with Gasteiger partial charge in [0, 0.05) is 0 Å². The Morgan fingerprint density at radius 3 is 2.42 bits per heavy atom. The lowest BCUT2D eigenvalue weighted by Gasteiger charge is -2.28. The summed E-state index contributed by atoms with van der Waals surface area (Å²) in [5.41, 5.74) is 4.26. The molecular weight excluding hydrogens is 458 g/mol. The van der Waals surface area contributed by atoms with Gasteiger partial charge in [0.05, 0.1) is 28.2 Å². The van der Waals surface area contributed by atoms with Crippen molar-refractivity contribution in [3.05, 3.63) is 65.0 Å². The molecule has 8 nitrogen and oxygen atoms in total. The highest BCUT2D eigenvalue weighted by molar-refractivity contribution is 5.95. The van der Waals surface area contributed by atoms with Crippen LogP contribution >= 0.6 is 0 Å². The van der Waals surface area contributed by atoms with Crippen molar-refractivity contribution in [3.63, 3.8) is 0 Å². The normalized spacial score (nSPS) is 16.0. The van der Waals surface area contributed by atoms with Crippen molar-refractivity contribution in [1.82, 2.24) is 9.78 Å². The van der Waals surface area contributed by atoms with Crippen LogP contribution in [-0.2, 0) is 19.7 Å². The highest BCUT2D eigenvalue weighted by Gasteiger charge is 2.45. The number of fused-ring (bicyclic) bond motifs is 1. The third kappa shape index (κ3) is 4.43. The van der Waals surface area contributed by atoms with Gasteiger partial charge < -0.3 is 19.5 Å². The Morgan fingerprint density at radius 1 is 1.00 bits per heavy atom. The summed E-state index contributed by atoms with van der Waals surface area (Å²) in [5, 5.41) is 7.46. The molecule has 1 saturated carbocycles. The van der Waals surface area contributed by atoms with Crippen molar-refractivity contribution < 1.29 is 23.8 Å². The molecule has 1 aromatic heterocycles. The SMILES string of the molecule is Cc1ccc(-n2nc(C)c(NC(=O)COC(=O)C3(c4ccc5c(c4)OCCO5)CCCC3)c2C)cc1. The smallest absolute Gasteiger partial charge is 0.317 e. The number of amides is 1. The van der Waals surface area contributed by atoms with Crippen LogP contribution in [0.3, 0.4) is 0 Å². The Hall–Kier alpha value is -3.81. The molecule has 0 unspecified atom stereocenters. The van der Waals surface area contributed by atoms with Gasteiger partial charge in [-0.15, -0.1) is 0 Å². The number of benzene rings is 2. The van der Waals surface area contributed by atoms with Crippen molar-refractivity contribution in [2.24, 2.45) is 0 Å². The maximum Gasteiger partial charge on any atom is 0.317 e. The molecular formula is C28H31N3O5. The molecule has 1 fully saturated rings. The van der Waals surface area contributed by atoms with Gasteiger partial charge in [0.15, 0.2) is 18.1 Å². The summed E-state index contributed by atoms with van der Waals surface area (Å²) in [6.45, 7) is 6.40. The zero-order valence-corrected chi connectivity index (χ0v) is 20.9. The molecule has 188 valence electrons. The van der Waals surface area contributed by atoms with E-state index in [1.165, 1.54) is 0 Å². The van der Waals surface area contributed by atoms with Crippen molar-refractivity contribution >= 4 is 17.6 Å². The van der Waals surface area contributed by atoms with Crippen molar-refractivity contribution in [2.45, 2.75) is 51.9 Å². The van der Waals surface area contributed by atoms with Gasteiger partial charge in [-0.1, -0.05) is 36.6 Å². The van der Waals surface area contributed by atoms with E-state index in [4.69, 9.17) is 14.2 Å². The predicted molar refractivity (Wildman–Crippen MR) is 135 cm³/mol. The summed E-state index contributed by atoms with van der Waals surface area (Å²) in [6.07, 6.45) is 3.20. The molecule has 2 aromatic carbocycles. The first-order valence-electron chi connectivity index (χ1n) is 12.4. The molecule has 36 heavy (non-hydrogen) atoms. The lowest BCUT2D eigenvalue weighted by Crippen LogP contribution is -2.36. The zero-order valence-electron chi connectivity index (χ0n) is 20.9. The van der Waals surface area contributed by atoms with E-state index in [9.17, 15) is 9.59 Å². The van der Waals surface area contributed by atoms with E-state index in [0.717, 1.165) is 35.3 Å². The minimum atomic E-state index is -0.779. The minimum absolute atomic E-state index is 0.361. The molecule has 0 radical (unpaired) electrons. The van der Waals surface area contributed by atoms with Crippen molar-refractivity contribution in [3.8, 4) is 17.2 Å². The number of nitrogens with one attached hydrogen (secondary N) is 1. The molecule has 0 saturated heterocycles. The molecule has 1 aliphatic heterocycles. The van der Waals surface area contributed by atoms with E-state index in [0.29, 0.717) is 48.9 Å². The number of nitrogens with zero attached hydrogens (tertiary/aromatic N) is 2. The predicted octanol–water partition coefficient (Wildman–Crippen LogP) is 4.56. The minimum Gasteiger partial charge on any atom is -0.486 e. The molecule has 0 atom stereocenters. The Kier molecular flexibility index (Phi) is 6.43. The summed E-state index contributed by atoms with van der Waals surface area (Å²) < 4.78 is 18.7. The van der Waals surface area contributed by atoms with E-state index in [1.807, 2.05) is 63.2 Å². The van der Waals surface area contributed by atoms with E-state index >= 15 is 0 Å². The average molecular weight is 490 g/mol. The van der Waals surface area contributed by atoms with Crippen LogP contribution in [0.4, 0.5) is 5.69 Å². The van der Waals surface area contributed by atoms with E-state index in [1.54, 1.807) is 4.68 Å². The monoisotopic (exact) mass is 489 g/mol. The first-order chi connectivity index (χ1) is 17.4. The van der Waals surface area contributed by atoms with Crippen LogP contribution in [0, 0.1) is 20.8 Å². The first kappa shape index (κ1) is 23.9. The van der Waals surface area contributed by atoms with Crippen LogP contribution in [0.15, 0.2) is 42.5 Å². The number of aryl methyl sites for hydroxylation is 2. The van der Waals surface area contributed by atoms with Crippen molar-refractivity contribution in [2.75, 3.05) is 25.1 Å². The molecule has 2 heterocycles. The topological polar surface area (TPSA) is 91.7 Å². The Balaban J connectivity index is 1.28. The quantitative estimate of drug-likeness (QED) is 0.511. The molecule has 0 spiro atoms. The van der Waals surface area contributed by atoms with Gasteiger partial charge in [0.1, 0.15) is 13.2 Å². The van der Waals surface area contributed by atoms with E-state index in [-0.39, 0.29) is 12.6 Å². The van der Waals surface area contributed by atoms with Crippen LogP contribution in [0.1, 0.15) is 48.2 Å². The summed E-state index contributed by atoms with van der Waals surface area (Å²) in [7, 11) is 0. The Bertz CT molecular complexity index is 1290. The van der Waals surface area contributed by atoms with Crippen LogP contribution in [0.5, 0.6) is 11.5 Å². The second kappa shape index (κ2) is 9.68. The zero-order chi connectivity index (χ0) is 25.3. The molecule has 1 N–H and O–H groups in total. The fourth-order valence-electron chi connectivity index (χ4n) is 5.14. The number of ether oxygens (including phenoxy) is 3. The largest absolute Gasteiger partial charge is 0.486 e. The van der Waals surface area contributed by atoms with Gasteiger partial charge in [0.2, 0.25) is 0 Å². The van der Waals surface area contributed by atoms with Gasteiger partial charge in [-0.2, -0.15) is 5.10 Å². The van der Waals surface area contributed by atoms with Crippen LogP contribution in [-0.4, -0.2) is 41.5 Å². The number of carbonyl (C=O) groups is 2. The average Bonchev–Trinajstić information content (AvgIpc) is 3.49. The molecule has 0 bridgehead atoms. The number of carbonyl (C=O) groups excluding carboxylic acids is 2. The summed E-state index contributed by atoms with van der Waals surface area (Å²) in [5.74, 6) is 0.555. The van der Waals surface area contributed by atoms with Crippen LogP contribution < -0.4 is 14.8 Å². The van der Waals surface area contributed by atoms with Crippen LogP contribution in [0.2, 0.25) is 0 Å². The lowest BCUT2D eigenvalue weighted by atomic mass is 9.78. The maximum absolute atomic E-state index is 13.4. The number of aromatic nitrogens is 2. The standard InChI is InChI=1S/C28H31N3O5/c1-18-6-9-22(10-7-18)31-20(3)26(19(2)30-31)29-25(32)17-36-27(33)28(12-4-5-13-28)21-8-11-23-24(16-21)35-15-14-34-23/h6-11,16H,4-5,12-15,17H2,1-3H3,(H,29,32). The Labute approximate surface area is 210 Å². The Morgan fingerprint density at radius 2 is 1.69 bits per heavy atom. The highest BCUT2D eigenvalue weighted by atomic mass is 16.6. The summed E-state index contributed by atoms with van der Waals surface area (Å²) in [4.78, 5) is 26.1. The molecule has 1 amide bonds. The second-order valence-electron chi connectivity index (χ2n) is 9.57. The fraction of sp³-hybridized carbons (Fsp3) is 0.393. The highest BCUT2D eigenvalue weighted by Crippen LogP contribution is 2.45. The third-order valence-corrected chi connectivity index (χ3v) is 7.11. The molecule has 5 rings (SSSR count). The van der Waals surface area contributed by atoms with E-state index in [2.05, 4.69) is 10.4 Å². The second-order valence-corrected chi connectivity index (χ2v) is 9.57. The number of esters is 1. The summed E-state index contributed by atoms with van der Waals surface area (Å²) >= 11 is 0. The van der Waals surface area contributed by atoms with Crippen LogP contribution in [0.25, 0.3) is 5.69 Å². The maximum atomic E-state index is 13.4. The number of hydrogen-bond donors (Lipinski definition) is 1. The van der Waals surface area contributed by atoms with E-state index < -0.39 is 11.3 Å². The van der Waals surface area contributed by atoms with Gasteiger partial charge >= 0.3 is 5.97 Å². The van der Waals surface area contributed by atoms with Crippen molar-refractivity contribution in [1.29, 1.82) is 0 Å². The fourth-order valence-corrected chi connectivity index (χ4v) is 5.14. The molecule has 3 aromatic rings. The third-order valence-electron chi connectivity index (χ3n) is 7.11. The number of hydrogen-bond acceptors (Lipinski definition) is 6. The molecule has 2 aliphatic rings. The first-order valence-corrected chi connectivity index (χ1v) is 12.4. The molecule has 1 aliphatic carbocycles. The van der Waals surface area contributed by atoms with Gasteiger partial charge in [-0.3, -0.25) is 9.59 Å². The number of anilines is 1.